The molecule has 0 saturated heterocycles. The second-order valence-corrected chi connectivity index (χ2v) is 21.5. The Balaban J connectivity index is 6.10. The monoisotopic (exact) mass is 1030 g/mol. The zero-order valence-electron chi connectivity index (χ0n) is 48.0. The smallest absolute Gasteiger partial charge is 0.434 e. The van der Waals surface area contributed by atoms with E-state index in [-0.39, 0.29) is 26.2 Å². The summed E-state index contributed by atoms with van der Waals surface area (Å²) in [5.74, 6) is -2.95. The summed E-state index contributed by atoms with van der Waals surface area (Å²) in [4.78, 5) is 54.5. The van der Waals surface area contributed by atoms with Crippen LogP contribution < -0.4 is 0 Å². The second kappa shape index (κ2) is 50.2. The molecule has 12 heteroatoms. The van der Waals surface area contributed by atoms with Crippen molar-refractivity contribution in [3.63, 3.8) is 0 Å². The summed E-state index contributed by atoms with van der Waals surface area (Å²) in [6.07, 6.45) is 39.7. The van der Waals surface area contributed by atoms with Crippen LogP contribution in [-0.2, 0) is 37.9 Å². The van der Waals surface area contributed by atoms with Crippen molar-refractivity contribution >= 4 is 24.6 Å². The standard InChI is InChI=1S/C60H114O12/c1-8-12-16-20-24-27-29-31-33-35-37-39-42-46-50-54(68-58(64)69-59(5,6)7)60(70-55(61)65-51-47-43-23-19-15-11-4,71-56(62)66-52-48-44-40-26-22-18-14-10-3)72-57(63)67-53-49-45-41-38-36-34-32-30-28-25-21-17-13-9-2/h54H,8-53H2,1-7H3. The molecule has 12 nitrogen and oxygen atoms in total. The topological polar surface area (TPSA) is 142 Å². The number of hydrogen-bond acceptors (Lipinski definition) is 12. The molecule has 0 fully saturated rings. The molecule has 0 heterocycles. The highest BCUT2D eigenvalue weighted by atomic mass is 17.0. The van der Waals surface area contributed by atoms with Gasteiger partial charge in [-0.2, -0.15) is 0 Å². The third-order valence-corrected chi connectivity index (χ3v) is 13.2. The van der Waals surface area contributed by atoms with E-state index in [0.29, 0.717) is 25.7 Å². The second-order valence-electron chi connectivity index (χ2n) is 21.5. The van der Waals surface area contributed by atoms with Crippen LogP contribution in [-0.4, -0.2) is 62.1 Å². The molecule has 0 aliphatic heterocycles. The Kier molecular flexibility index (Phi) is 48.2. The summed E-state index contributed by atoms with van der Waals surface area (Å²) in [5, 5.41) is 0. The quantitative estimate of drug-likeness (QED) is 0.0248. The lowest BCUT2D eigenvalue weighted by Gasteiger charge is -2.35. The van der Waals surface area contributed by atoms with Crippen LogP contribution in [0, 0.1) is 0 Å². The number of carbonyl (C=O) groups is 4. The van der Waals surface area contributed by atoms with Gasteiger partial charge in [-0.25, -0.2) is 19.2 Å². The molecule has 0 amide bonds. The third-order valence-electron chi connectivity index (χ3n) is 13.2. The van der Waals surface area contributed by atoms with Gasteiger partial charge in [-0.05, 0) is 52.9 Å². The van der Waals surface area contributed by atoms with E-state index < -0.39 is 42.3 Å². The van der Waals surface area contributed by atoms with Gasteiger partial charge in [0, 0.05) is 0 Å². The summed E-state index contributed by atoms with van der Waals surface area (Å²) in [6, 6.07) is 0. The molecule has 0 aromatic rings. The highest BCUT2D eigenvalue weighted by Crippen LogP contribution is 2.31. The molecule has 0 rings (SSSR count). The Morgan fingerprint density at radius 2 is 0.514 bits per heavy atom. The lowest BCUT2D eigenvalue weighted by Crippen LogP contribution is -2.55. The minimum atomic E-state index is -2.95. The van der Waals surface area contributed by atoms with Crippen LogP contribution in [0.4, 0.5) is 19.2 Å². The van der Waals surface area contributed by atoms with Crippen molar-refractivity contribution in [3.8, 4) is 0 Å². The van der Waals surface area contributed by atoms with Crippen molar-refractivity contribution in [2.24, 2.45) is 0 Å². The minimum Gasteiger partial charge on any atom is -0.434 e. The third kappa shape index (κ3) is 45.7. The Morgan fingerprint density at radius 1 is 0.292 bits per heavy atom. The molecule has 0 saturated carbocycles. The van der Waals surface area contributed by atoms with Crippen molar-refractivity contribution < 1.29 is 57.1 Å². The van der Waals surface area contributed by atoms with Crippen LogP contribution in [0.1, 0.15) is 325 Å². The molecule has 426 valence electrons. The van der Waals surface area contributed by atoms with E-state index in [1.165, 1.54) is 141 Å². The van der Waals surface area contributed by atoms with Gasteiger partial charge >= 0.3 is 30.6 Å². The molecular weight excluding hydrogens is 913 g/mol. The van der Waals surface area contributed by atoms with Crippen molar-refractivity contribution in [2.45, 2.75) is 342 Å². The van der Waals surface area contributed by atoms with E-state index in [9.17, 15) is 19.2 Å². The van der Waals surface area contributed by atoms with E-state index in [0.717, 1.165) is 103 Å². The lowest BCUT2D eigenvalue weighted by molar-refractivity contribution is -0.358. The van der Waals surface area contributed by atoms with Crippen molar-refractivity contribution in [3.05, 3.63) is 0 Å². The molecule has 0 aromatic carbocycles. The fourth-order valence-corrected chi connectivity index (χ4v) is 8.80. The molecule has 0 bridgehead atoms. The molecule has 2 atom stereocenters. The van der Waals surface area contributed by atoms with Crippen molar-refractivity contribution in [2.75, 3.05) is 19.8 Å². The maximum atomic E-state index is 13.7. The molecule has 72 heavy (non-hydrogen) atoms. The highest BCUT2D eigenvalue weighted by Gasteiger charge is 2.56. The Labute approximate surface area is 442 Å². The van der Waals surface area contributed by atoms with Gasteiger partial charge in [-0.3, -0.25) is 0 Å². The maximum absolute atomic E-state index is 13.7. The molecule has 2 unspecified atom stereocenters. The maximum Gasteiger partial charge on any atom is 0.514 e. The van der Waals surface area contributed by atoms with Gasteiger partial charge in [0.05, 0.1) is 19.8 Å². The number of rotatable bonds is 51. The Hall–Kier alpha value is -2.92. The van der Waals surface area contributed by atoms with Crippen LogP contribution in [0.15, 0.2) is 0 Å². The molecule has 0 radical (unpaired) electrons. The fraction of sp³-hybridized carbons (Fsp3) is 0.933. The van der Waals surface area contributed by atoms with Gasteiger partial charge in [-0.15, -0.1) is 0 Å². The van der Waals surface area contributed by atoms with E-state index >= 15 is 0 Å². The first-order chi connectivity index (χ1) is 34.9. The first-order valence-electron chi connectivity index (χ1n) is 30.4. The predicted molar refractivity (Wildman–Crippen MR) is 292 cm³/mol. The van der Waals surface area contributed by atoms with E-state index in [2.05, 4.69) is 27.7 Å². The van der Waals surface area contributed by atoms with Crippen LogP contribution in [0.3, 0.4) is 0 Å². The largest absolute Gasteiger partial charge is 0.514 e. The summed E-state index contributed by atoms with van der Waals surface area (Å²) in [6.45, 7) is 14.0. The van der Waals surface area contributed by atoms with Crippen LogP contribution in [0.25, 0.3) is 0 Å². The SMILES string of the molecule is CCCCCCCCCCCCCCCCOC(=O)OC(OC(=O)OCCCCCCCC)(OC(=O)OCCCCCCCCCC)C(CCCCCCCCCCCCCCCC)OC(=O)OC(C)(C)C. The summed E-state index contributed by atoms with van der Waals surface area (Å²) >= 11 is 0. The first-order valence-corrected chi connectivity index (χ1v) is 30.4. The summed E-state index contributed by atoms with van der Waals surface area (Å²) in [7, 11) is 0. The van der Waals surface area contributed by atoms with Gasteiger partial charge in [0.25, 0.3) is 0 Å². The fourth-order valence-electron chi connectivity index (χ4n) is 8.80. The van der Waals surface area contributed by atoms with E-state index in [1.807, 2.05) is 0 Å². The van der Waals surface area contributed by atoms with Gasteiger partial charge in [0.15, 0.2) is 0 Å². The first kappa shape index (κ1) is 69.1. The van der Waals surface area contributed by atoms with Gasteiger partial charge in [-0.1, -0.05) is 272 Å². The number of hydrogen-bond donors (Lipinski definition) is 0. The number of carbonyl (C=O) groups excluding carboxylic acids is 4. The predicted octanol–water partition coefficient (Wildman–Crippen LogP) is 20.3. The Morgan fingerprint density at radius 3 is 0.750 bits per heavy atom. The van der Waals surface area contributed by atoms with Crippen LogP contribution in [0.2, 0.25) is 0 Å². The van der Waals surface area contributed by atoms with Crippen molar-refractivity contribution in [1.82, 2.24) is 0 Å². The molecule has 0 spiro atoms. The van der Waals surface area contributed by atoms with E-state index in [1.54, 1.807) is 20.8 Å². The zero-order valence-corrected chi connectivity index (χ0v) is 48.0. The minimum absolute atomic E-state index is 0.0144. The molecule has 0 aliphatic carbocycles. The molecule has 0 N–H and O–H groups in total. The van der Waals surface area contributed by atoms with Gasteiger partial charge < -0.3 is 37.9 Å². The average Bonchev–Trinajstić information content (AvgIpc) is 3.33. The van der Waals surface area contributed by atoms with Crippen LogP contribution in [0.5, 0.6) is 0 Å². The molecular formula is C60H114O12. The summed E-state index contributed by atoms with van der Waals surface area (Å²) in [5.41, 5.74) is -0.959. The number of unbranched alkanes of at least 4 members (excludes halogenated alkanes) is 38. The molecule has 0 aromatic heterocycles. The highest BCUT2D eigenvalue weighted by molar-refractivity contribution is 5.66. The van der Waals surface area contributed by atoms with Crippen molar-refractivity contribution in [1.29, 1.82) is 0 Å². The van der Waals surface area contributed by atoms with E-state index in [4.69, 9.17) is 37.9 Å². The average molecular weight is 1030 g/mol. The Bertz CT molecular complexity index is 1240. The molecule has 0 aliphatic rings. The van der Waals surface area contributed by atoms with Gasteiger partial charge in [0.1, 0.15) is 5.60 Å². The normalized spacial score (nSPS) is 12.7. The number of ether oxygens (including phenoxy) is 8. The lowest BCUT2D eigenvalue weighted by atomic mass is 10.0. The summed E-state index contributed by atoms with van der Waals surface area (Å²) < 4.78 is 45.3. The van der Waals surface area contributed by atoms with Crippen LogP contribution >= 0.6 is 0 Å². The zero-order chi connectivity index (χ0) is 53.1. The van der Waals surface area contributed by atoms with Gasteiger partial charge in [0.2, 0.25) is 6.10 Å².